The van der Waals surface area contributed by atoms with E-state index in [4.69, 9.17) is 0 Å². The van der Waals surface area contributed by atoms with Gasteiger partial charge in [-0.05, 0) is 38.1 Å². The van der Waals surface area contributed by atoms with Crippen LogP contribution in [0.1, 0.15) is 32.1 Å². The second-order valence-electron chi connectivity index (χ2n) is 3.39. The van der Waals surface area contributed by atoms with Gasteiger partial charge in [-0.25, -0.2) is 0 Å². The molecule has 1 aliphatic carbocycles. The molecule has 2 aliphatic rings. The Morgan fingerprint density at radius 1 is 1.00 bits per heavy atom. The van der Waals surface area contributed by atoms with Crippen molar-refractivity contribution in [2.75, 3.05) is 6.54 Å². The van der Waals surface area contributed by atoms with Crippen molar-refractivity contribution in [3.8, 4) is 0 Å². The molecule has 2 fully saturated rings. The molecule has 0 amide bonds. The average Bonchev–Trinajstić information content (AvgIpc) is 2.11. The number of rotatable bonds is 1. The fraction of sp³-hybridized carbons (Fsp3) is 1.00. The van der Waals surface area contributed by atoms with Gasteiger partial charge in [-0.2, -0.15) is 0 Å². The molecule has 0 spiro atoms. The summed E-state index contributed by atoms with van der Waals surface area (Å²) in [5.74, 6) is 1.06. The molecule has 1 nitrogen and oxygen atoms in total. The van der Waals surface area contributed by atoms with Crippen LogP contribution in [0.5, 0.6) is 0 Å². The maximum atomic E-state index is 3.56. The minimum Gasteiger partial charge on any atom is -0.314 e. The molecule has 1 heteroatoms. The monoisotopic (exact) mass is 125 g/mol. The van der Waals surface area contributed by atoms with Crippen LogP contribution < -0.4 is 5.32 Å². The van der Waals surface area contributed by atoms with Gasteiger partial charge in [0.2, 0.25) is 0 Å². The zero-order chi connectivity index (χ0) is 6.10. The quantitative estimate of drug-likeness (QED) is 0.560. The highest BCUT2D eigenvalue weighted by molar-refractivity contribution is 4.85. The SMILES string of the molecule is C1CC([C@@H]2CCCN2)C1. The van der Waals surface area contributed by atoms with Crippen LogP contribution in [0.3, 0.4) is 0 Å². The van der Waals surface area contributed by atoms with Crippen LogP contribution in [-0.2, 0) is 0 Å². The Labute approximate surface area is 56.8 Å². The van der Waals surface area contributed by atoms with Crippen LogP contribution in [0, 0.1) is 5.92 Å². The third kappa shape index (κ3) is 0.983. The number of hydrogen-bond donors (Lipinski definition) is 1. The Hall–Kier alpha value is -0.0400. The van der Waals surface area contributed by atoms with E-state index in [1.807, 2.05) is 0 Å². The van der Waals surface area contributed by atoms with E-state index < -0.39 is 0 Å². The zero-order valence-electron chi connectivity index (χ0n) is 5.90. The van der Waals surface area contributed by atoms with E-state index in [2.05, 4.69) is 5.32 Å². The molecule has 52 valence electrons. The van der Waals surface area contributed by atoms with Gasteiger partial charge in [0.1, 0.15) is 0 Å². The minimum absolute atomic E-state index is 0.916. The van der Waals surface area contributed by atoms with Gasteiger partial charge >= 0.3 is 0 Å². The molecular formula is C8H15N. The standard InChI is InChI=1S/C8H15N/c1-3-7(4-1)8-5-2-6-9-8/h7-9H,1-6H2/t8-/m0/s1. The summed E-state index contributed by atoms with van der Waals surface area (Å²) in [5.41, 5.74) is 0. The molecule has 2 rings (SSSR count). The van der Waals surface area contributed by atoms with Crippen molar-refractivity contribution in [2.45, 2.75) is 38.1 Å². The van der Waals surface area contributed by atoms with Crippen molar-refractivity contribution >= 4 is 0 Å². The summed E-state index contributed by atoms with van der Waals surface area (Å²) in [6, 6.07) is 0.916. The van der Waals surface area contributed by atoms with Crippen molar-refractivity contribution in [1.82, 2.24) is 5.32 Å². The molecule has 0 radical (unpaired) electrons. The highest BCUT2D eigenvalue weighted by atomic mass is 14.9. The molecule has 0 aromatic carbocycles. The Morgan fingerprint density at radius 3 is 2.33 bits per heavy atom. The highest BCUT2D eigenvalue weighted by Gasteiger charge is 2.28. The van der Waals surface area contributed by atoms with E-state index in [9.17, 15) is 0 Å². The molecule has 1 saturated carbocycles. The summed E-state index contributed by atoms with van der Waals surface area (Å²) >= 11 is 0. The molecule has 0 aromatic heterocycles. The molecular weight excluding hydrogens is 110 g/mol. The van der Waals surface area contributed by atoms with E-state index in [0.29, 0.717) is 0 Å². The van der Waals surface area contributed by atoms with E-state index in [0.717, 1.165) is 12.0 Å². The van der Waals surface area contributed by atoms with Crippen molar-refractivity contribution in [3.05, 3.63) is 0 Å². The molecule has 1 saturated heterocycles. The molecule has 9 heavy (non-hydrogen) atoms. The van der Waals surface area contributed by atoms with Crippen LogP contribution in [0.15, 0.2) is 0 Å². The molecule has 0 bridgehead atoms. The van der Waals surface area contributed by atoms with E-state index in [1.165, 1.54) is 38.6 Å². The average molecular weight is 125 g/mol. The van der Waals surface area contributed by atoms with E-state index in [-0.39, 0.29) is 0 Å². The van der Waals surface area contributed by atoms with Gasteiger partial charge in [-0.1, -0.05) is 6.42 Å². The van der Waals surface area contributed by atoms with Gasteiger partial charge < -0.3 is 5.32 Å². The summed E-state index contributed by atoms with van der Waals surface area (Å²) in [6.45, 7) is 1.28. The topological polar surface area (TPSA) is 12.0 Å². The van der Waals surface area contributed by atoms with Gasteiger partial charge in [0.15, 0.2) is 0 Å². The van der Waals surface area contributed by atoms with E-state index >= 15 is 0 Å². The molecule has 1 atom stereocenters. The van der Waals surface area contributed by atoms with Crippen LogP contribution >= 0.6 is 0 Å². The van der Waals surface area contributed by atoms with Crippen LogP contribution in [-0.4, -0.2) is 12.6 Å². The summed E-state index contributed by atoms with van der Waals surface area (Å²) in [7, 11) is 0. The Bertz CT molecular complexity index is 90.7. The molecule has 1 aliphatic heterocycles. The minimum atomic E-state index is 0.916. The van der Waals surface area contributed by atoms with Crippen LogP contribution in [0.2, 0.25) is 0 Å². The molecule has 0 unspecified atom stereocenters. The largest absolute Gasteiger partial charge is 0.314 e. The second-order valence-corrected chi connectivity index (χ2v) is 3.39. The van der Waals surface area contributed by atoms with Gasteiger partial charge in [-0.3, -0.25) is 0 Å². The lowest BCUT2D eigenvalue weighted by atomic mass is 9.79. The second kappa shape index (κ2) is 2.30. The fourth-order valence-electron chi connectivity index (χ4n) is 1.96. The summed E-state index contributed by atoms with van der Waals surface area (Å²) < 4.78 is 0. The Balaban J connectivity index is 1.82. The normalized spacial score (nSPS) is 36.7. The highest BCUT2D eigenvalue weighted by Crippen LogP contribution is 2.32. The van der Waals surface area contributed by atoms with Crippen LogP contribution in [0.4, 0.5) is 0 Å². The lowest BCUT2D eigenvalue weighted by Crippen LogP contribution is -2.34. The zero-order valence-corrected chi connectivity index (χ0v) is 5.90. The Morgan fingerprint density at radius 2 is 1.89 bits per heavy atom. The first-order chi connectivity index (χ1) is 4.47. The van der Waals surface area contributed by atoms with Crippen molar-refractivity contribution in [2.24, 2.45) is 5.92 Å². The predicted molar refractivity (Wildman–Crippen MR) is 38.4 cm³/mol. The molecule has 1 heterocycles. The molecule has 1 N–H and O–H groups in total. The Kier molecular flexibility index (Phi) is 1.46. The first-order valence-corrected chi connectivity index (χ1v) is 4.20. The van der Waals surface area contributed by atoms with E-state index in [1.54, 1.807) is 0 Å². The van der Waals surface area contributed by atoms with Gasteiger partial charge in [0, 0.05) is 6.04 Å². The smallest absolute Gasteiger partial charge is 0.00957 e. The van der Waals surface area contributed by atoms with Crippen molar-refractivity contribution in [1.29, 1.82) is 0 Å². The maximum absolute atomic E-state index is 3.56. The fourth-order valence-corrected chi connectivity index (χ4v) is 1.96. The lowest BCUT2D eigenvalue weighted by molar-refractivity contribution is 0.245. The maximum Gasteiger partial charge on any atom is 0.00957 e. The van der Waals surface area contributed by atoms with Gasteiger partial charge in [0.25, 0.3) is 0 Å². The summed E-state index contributed by atoms with van der Waals surface area (Å²) in [4.78, 5) is 0. The third-order valence-electron chi connectivity index (χ3n) is 2.82. The predicted octanol–water partition coefficient (Wildman–Crippen LogP) is 1.54. The van der Waals surface area contributed by atoms with Crippen molar-refractivity contribution in [3.63, 3.8) is 0 Å². The van der Waals surface area contributed by atoms with Crippen LogP contribution in [0.25, 0.3) is 0 Å². The lowest BCUT2D eigenvalue weighted by Gasteiger charge is -2.31. The summed E-state index contributed by atoms with van der Waals surface area (Å²) in [5, 5.41) is 3.56. The number of hydrogen-bond acceptors (Lipinski definition) is 1. The van der Waals surface area contributed by atoms with Crippen molar-refractivity contribution < 1.29 is 0 Å². The van der Waals surface area contributed by atoms with Gasteiger partial charge in [0.05, 0.1) is 0 Å². The summed E-state index contributed by atoms with van der Waals surface area (Å²) in [6.07, 6.45) is 7.35. The third-order valence-corrected chi connectivity index (χ3v) is 2.82. The molecule has 0 aromatic rings. The first kappa shape index (κ1) is 5.72. The van der Waals surface area contributed by atoms with Gasteiger partial charge in [-0.15, -0.1) is 0 Å². The number of nitrogens with one attached hydrogen (secondary N) is 1. The first-order valence-electron chi connectivity index (χ1n) is 4.20.